The Hall–Kier alpha value is -0.770. The van der Waals surface area contributed by atoms with E-state index in [2.05, 4.69) is 10.6 Å². The van der Waals surface area contributed by atoms with E-state index in [1.54, 1.807) is 0 Å². The van der Waals surface area contributed by atoms with Gasteiger partial charge in [0.15, 0.2) is 0 Å². The number of hydrogen-bond donors (Lipinski definition) is 3. The van der Waals surface area contributed by atoms with Gasteiger partial charge in [0.05, 0.1) is 12.6 Å². The van der Waals surface area contributed by atoms with Crippen LogP contribution >= 0.6 is 0 Å². The highest BCUT2D eigenvalue weighted by Gasteiger charge is 2.17. The summed E-state index contributed by atoms with van der Waals surface area (Å²) in [5.74, 6) is 0. The molecule has 0 aromatic heterocycles. The standard InChI is InChI=1S/C10H20N2O2/c1-2-8(7-13)11-10(14)12-9-5-3-4-6-9/h8-9,13H,2-7H2,1H3,(H2,11,12,14)/t8-/m0/s1. The summed E-state index contributed by atoms with van der Waals surface area (Å²) < 4.78 is 0. The summed E-state index contributed by atoms with van der Waals surface area (Å²) in [4.78, 5) is 11.4. The van der Waals surface area contributed by atoms with Gasteiger partial charge in [-0.3, -0.25) is 0 Å². The van der Waals surface area contributed by atoms with Gasteiger partial charge < -0.3 is 15.7 Å². The highest BCUT2D eigenvalue weighted by atomic mass is 16.3. The maximum Gasteiger partial charge on any atom is 0.315 e. The van der Waals surface area contributed by atoms with Gasteiger partial charge in [0.2, 0.25) is 0 Å². The lowest BCUT2D eigenvalue weighted by Gasteiger charge is -2.17. The zero-order valence-corrected chi connectivity index (χ0v) is 8.75. The van der Waals surface area contributed by atoms with Crippen molar-refractivity contribution in [2.75, 3.05) is 6.61 Å². The fourth-order valence-corrected chi connectivity index (χ4v) is 1.76. The van der Waals surface area contributed by atoms with Crippen LogP contribution in [0.1, 0.15) is 39.0 Å². The Kier molecular flexibility index (Phi) is 4.73. The number of urea groups is 1. The SMILES string of the molecule is CC[C@@H](CO)NC(=O)NC1CCCC1. The third kappa shape index (κ3) is 3.54. The van der Waals surface area contributed by atoms with Gasteiger partial charge in [-0.1, -0.05) is 19.8 Å². The molecule has 0 unspecified atom stereocenters. The highest BCUT2D eigenvalue weighted by molar-refractivity contribution is 5.74. The molecular weight excluding hydrogens is 180 g/mol. The number of aliphatic hydroxyl groups excluding tert-OH is 1. The Morgan fingerprint density at radius 1 is 1.50 bits per heavy atom. The third-order valence-electron chi connectivity index (χ3n) is 2.74. The molecule has 1 saturated carbocycles. The van der Waals surface area contributed by atoms with Crippen LogP contribution in [0.25, 0.3) is 0 Å². The van der Waals surface area contributed by atoms with Crippen molar-refractivity contribution in [3.05, 3.63) is 0 Å². The number of aliphatic hydroxyl groups is 1. The zero-order valence-electron chi connectivity index (χ0n) is 8.75. The molecule has 2 amide bonds. The van der Waals surface area contributed by atoms with Gasteiger partial charge in [0, 0.05) is 6.04 Å². The first kappa shape index (κ1) is 11.3. The molecular formula is C10H20N2O2. The first-order valence-corrected chi connectivity index (χ1v) is 5.44. The fraction of sp³-hybridized carbons (Fsp3) is 0.900. The molecule has 1 aliphatic carbocycles. The van der Waals surface area contributed by atoms with E-state index in [1.807, 2.05) is 6.92 Å². The number of carbonyl (C=O) groups excluding carboxylic acids is 1. The summed E-state index contributed by atoms with van der Waals surface area (Å²) >= 11 is 0. The molecule has 0 spiro atoms. The van der Waals surface area contributed by atoms with Gasteiger partial charge in [0.1, 0.15) is 0 Å². The van der Waals surface area contributed by atoms with E-state index in [4.69, 9.17) is 5.11 Å². The van der Waals surface area contributed by atoms with Gasteiger partial charge in [-0.15, -0.1) is 0 Å². The van der Waals surface area contributed by atoms with Gasteiger partial charge in [-0.05, 0) is 19.3 Å². The van der Waals surface area contributed by atoms with E-state index < -0.39 is 0 Å². The van der Waals surface area contributed by atoms with E-state index in [1.165, 1.54) is 12.8 Å². The highest BCUT2D eigenvalue weighted by Crippen LogP contribution is 2.17. The maximum atomic E-state index is 11.4. The Balaban J connectivity index is 2.20. The molecule has 1 atom stereocenters. The largest absolute Gasteiger partial charge is 0.394 e. The van der Waals surface area contributed by atoms with Crippen molar-refractivity contribution in [1.29, 1.82) is 0 Å². The molecule has 4 heteroatoms. The molecule has 0 aromatic carbocycles. The molecule has 1 fully saturated rings. The Morgan fingerprint density at radius 2 is 2.14 bits per heavy atom. The average molecular weight is 200 g/mol. The van der Waals surface area contributed by atoms with Gasteiger partial charge in [-0.25, -0.2) is 4.79 Å². The minimum Gasteiger partial charge on any atom is -0.394 e. The molecule has 0 saturated heterocycles. The maximum absolute atomic E-state index is 11.4. The van der Waals surface area contributed by atoms with Crippen molar-refractivity contribution in [2.45, 2.75) is 51.1 Å². The summed E-state index contributed by atoms with van der Waals surface area (Å²) in [7, 11) is 0. The molecule has 14 heavy (non-hydrogen) atoms. The van der Waals surface area contributed by atoms with Crippen molar-refractivity contribution in [1.82, 2.24) is 10.6 Å². The lowest BCUT2D eigenvalue weighted by Crippen LogP contribution is -2.46. The Labute approximate surface area is 85.1 Å². The predicted octanol–water partition coefficient (Wildman–Crippen LogP) is 0.999. The molecule has 82 valence electrons. The average Bonchev–Trinajstić information content (AvgIpc) is 2.66. The number of amides is 2. The van der Waals surface area contributed by atoms with Crippen molar-refractivity contribution in [3.8, 4) is 0 Å². The summed E-state index contributed by atoms with van der Waals surface area (Å²) in [5, 5.41) is 14.6. The Morgan fingerprint density at radius 3 is 2.64 bits per heavy atom. The first-order chi connectivity index (χ1) is 6.76. The van der Waals surface area contributed by atoms with Gasteiger partial charge in [0.25, 0.3) is 0 Å². The lowest BCUT2D eigenvalue weighted by atomic mass is 10.2. The zero-order chi connectivity index (χ0) is 10.4. The topological polar surface area (TPSA) is 61.4 Å². The molecule has 0 radical (unpaired) electrons. The van der Waals surface area contributed by atoms with Crippen LogP contribution in [-0.4, -0.2) is 29.8 Å². The van der Waals surface area contributed by atoms with Crippen LogP contribution < -0.4 is 10.6 Å². The van der Waals surface area contributed by atoms with Crippen molar-refractivity contribution < 1.29 is 9.90 Å². The molecule has 0 heterocycles. The smallest absolute Gasteiger partial charge is 0.315 e. The second-order valence-corrected chi connectivity index (χ2v) is 3.89. The van der Waals surface area contributed by atoms with Gasteiger partial charge >= 0.3 is 6.03 Å². The number of nitrogens with one attached hydrogen (secondary N) is 2. The second kappa shape index (κ2) is 5.86. The van der Waals surface area contributed by atoms with Crippen molar-refractivity contribution in [2.24, 2.45) is 0 Å². The molecule has 4 nitrogen and oxygen atoms in total. The van der Waals surface area contributed by atoms with Crippen LogP contribution in [0.15, 0.2) is 0 Å². The van der Waals surface area contributed by atoms with Crippen molar-refractivity contribution >= 4 is 6.03 Å². The van der Waals surface area contributed by atoms with Crippen LogP contribution in [0.5, 0.6) is 0 Å². The molecule has 0 aromatic rings. The third-order valence-corrected chi connectivity index (χ3v) is 2.74. The van der Waals surface area contributed by atoms with Crippen LogP contribution in [0.3, 0.4) is 0 Å². The molecule has 1 rings (SSSR count). The fourth-order valence-electron chi connectivity index (χ4n) is 1.76. The summed E-state index contributed by atoms with van der Waals surface area (Å²) in [6.45, 7) is 1.95. The van der Waals surface area contributed by atoms with Crippen LogP contribution in [0.2, 0.25) is 0 Å². The molecule has 3 N–H and O–H groups in total. The summed E-state index contributed by atoms with van der Waals surface area (Å²) in [6.07, 6.45) is 5.35. The van der Waals surface area contributed by atoms with E-state index in [9.17, 15) is 4.79 Å². The normalized spacial score (nSPS) is 19.3. The van der Waals surface area contributed by atoms with E-state index in [0.717, 1.165) is 19.3 Å². The van der Waals surface area contributed by atoms with Gasteiger partial charge in [-0.2, -0.15) is 0 Å². The van der Waals surface area contributed by atoms with E-state index >= 15 is 0 Å². The molecule has 1 aliphatic rings. The lowest BCUT2D eigenvalue weighted by molar-refractivity contribution is 0.212. The minimum atomic E-state index is -0.141. The Bertz CT molecular complexity index is 169. The second-order valence-electron chi connectivity index (χ2n) is 3.89. The summed E-state index contributed by atoms with van der Waals surface area (Å²) in [6, 6.07) is 0.0837. The van der Waals surface area contributed by atoms with Crippen LogP contribution in [-0.2, 0) is 0 Å². The van der Waals surface area contributed by atoms with Crippen molar-refractivity contribution in [3.63, 3.8) is 0 Å². The van der Waals surface area contributed by atoms with E-state index in [-0.39, 0.29) is 18.7 Å². The number of carbonyl (C=O) groups is 1. The molecule has 0 bridgehead atoms. The summed E-state index contributed by atoms with van der Waals surface area (Å²) in [5.41, 5.74) is 0. The van der Waals surface area contributed by atoms with Crippen LogP contribution in [0.4, 0.5) is 4.79 Å². The minimum absolute atomic E-state index is 0.00852. The predicted molar refractivity (Wildman–Crippen MR) is 55.1 cm³/mol. The number of rotatable bonds is 4. The van der Waals surface area contributed by atoms with E-state index in [0.29, 0.717) is 6.04 Å². The monoisotopic (exact) mass is 200 g/mol. The number of hydrogen-bond acceptors (Lipinski definition) is 2. The van der Waals surface area contributed by atoms with Crippen LogP contribution in [0, 0.1) is 0 Å². The first-order valence-electron chi connectivity index (χ1n) is 5.44. The quantitative estimate of drug-likeness (QED) is 0.634. The molecule has 0 aliphatic heterocycles.